The van der Waals surface area contributed by atoms with Crippen LogP contribution in [-0.2, 0) is 11.3 Å². The van der Waals surface area contributed by atoms with Gasteiger partial charge >= 0.3 is 6.03 Å². The van der Waals surface area contributed by atoms with Crippen LogP contribution in [0.5, 0.6) is 0 Å². The van der Waals surface area contributed by atoms with Crippen molar-refractivity contribution in [3.05, 3.63) is 34.9 Å². The number of carbonyl (C=O) groups is 2. The third-order valence-corrected chi connectivity index (χ3v) is 5.80. The average molecular weight is 379 g/mol. The van der Waals surface area contributed by atoms with E-state index in [9.17, 15) is 9.59 Å². The third-order valence-electron chi connectivity index (χ3n) is 5.55. The number of nitrogens with two attached hydrogens (primary N) is 1. The molecule has 142 valence electrons. The highest BCUT2D eigenvalue weighted by atomic mass is 35.5. The summed E-state index contributed by atoms with van der Waals surface area (Å²) in [5.74, 6) is -0.401. The first-order chi connectivity index (χ1) is 12.5. The summed E-state index contributed by atoms with van der Waals surface area (Å²) in [6, 6.07) is 7.64. The van der Waals surface area contributed by atoms with Crippen LogP contribution in [-0.4, -0.2) is 65.4 Å². The van der Waals surface area contributed by atoms with Gasteiger partial charge in [-0.15, -0.1) is 0 Å². The Bertz CT molecular complexity index is 643. The minimum atomic E-state index is -0.449. The van der Waals surface area contributed by atoms with Gasteiger partial charge in [0, 0.05) is 44.3 Å². The molecule has 1 aromatic carbocycles. The van der Waals surface area contributed by atoms with E-state index in [-0.39, 0.29) is 12.1 Å². The molecule has 1 aromatic rings. The Labute approximate surface area is 159 Å². The molecule has 3 amide bonds. The van der Waals surface area contributed by atoms with Gasteiger partial charge in [0.1, 0.15) is 6.04 Å². The summed E-state index contributed by atoms with van der Waals surface area (Å²) in [4.78, 5) is 30.2. The van der Waals surface area contributed by atoms with Crippen molar-refractivity contribution in [2.45, 2.75) is 44.3 Å². The second-order valence-electron chi connectivity index (χ2n) is 7.28. The zero-order valence-corrected chi connectivity index (χ0v) is 16.0. The summed E-state index contributed by atoms with van der Waals surface area (Å²) in [5.41, 5.74) is 6.69. The number of carbonyl (C=O) groups excluding carboxylic acids is 2. The largest absolute Gasteiger partial charge is 0.368 e. The lowest BCUT2D eigenvalue weighted by molar-refractivity contribution is -0.121. The number of primary amides is 1. The molecule has 2 heterocycles. The molecule has 0 aliphatic carbocycles. The summed E-state index contributed by atoms with van der Waals surface area (Å²) < 4.78 is 0. The number of benzene rings is 1. The van der Waals surface area contributed by atoms with Gasteiger partial charge in [0.05, 0.1) is 0 Å². The van der Waals surface area contributed by atoms with Gasteiger partial charge in [-0.2, -0.15) is 0 Å². The Balaban J connectivity index is 1.51. The van der Waals surface area contributed by atoms with Crippen molar-refractivity contribution in [2.75, 3.05) is 26.7 Å². The van der Waals surface area contributed by atoms with Crippen molar-refractivity contribution in [2.24, 2.45) is 5.73 Å². The van der Waals surface area contributed by atoms with E-state index in [0.29, 0.717) is 13.0 Å². The van der Waals surface area contributed by atoms with Crippen molar-refractivity contribution < 1.29 is 9.59 Å². The minimum Gasteiger partial charge on any atom is -0.368 e. The summed E-state index contributed by atoms with van der Waals surface area (Å²) in [7, 11) is 1.85. The standard InChI is InChI=1S/C19H27ClN4O2/c1-22(19(26)24-10-2-3-17(24)18(21)25)16-8-11-23(12-9-16)13-14-4-6-15(20)7-5-14/h4-7,16-17H,2-3,8-13H2,1H3,(H2,21,25)/t17-/m1/s1. The Hall–Kier alpha value is -1.79. The molecule has 26 heavy (non-hydrogen) atoms. The lowest BCUT2D eigenvalue weighted by atomic mass is 10.0. The summed E-state index contributed by atoms with van der Waals surface area (Å²) in [5, 5.41) is 0.753. The van der Waals surface area contributed by atoms with Crippen LogP contribution >= 0.6 is 11.6 Å². The van der Waals surface area contributed by atoms with Crippen molar-refractivity contribution >= 4 is 23.5 Å². The molecule has 0 aromatic heterocycles. The first-order valence-corrected chi connectivity index (χ1v) is 9.63. The molecule has 2 aliphatic heterocycles. The topological polar surface area (TPSA) is 69.9 Å². The van der Waals surface area contributed by atoms with Crippen LogP contribution in [0.2, 0.25) is 5.02 Å². The van der Waals surface area contributed by atoms with Crippen molar-refractivity contribution in [3.8, 4) is 0 Å². The van der Waals surface area contributed by atoms with E-state index >= 15 is 0 Å². The molecule has 6 nitrogen and oxygen atoms in total. The summed E-state index contributed by atoms with van der Waals surface area (Å²) >= 11 is 5.94. The Morgan fingerprint density at radius 3 is 2.42 bits per heavy atom. The molecule has 7 heteroatoms. The maximum absolute atomic E-state index is 12.8. The monoisotopic (exact) mass is 378 g/mol. The highest BCUT2D eigenvalue weighted by molar-refractivity contribution is 6.30. The van der Waals surface area contributed by atoms with Gasteiger partial charge in [-0.25, -0.2) is 4.79 Å². The van der Waals surface area contributed by atoms with Crippen molar-refractivity contribution in [1.29, 1.82) is 0 Å². The molecule has 0 spiro atoms. The number of rotatable bonds is 4. The highest BCUT2D eigenvalue weighted by Gasteiger charge is 2.36. The minimum absolute atomic E-state index is 0.0672. The van der Waals surface area contributed by atoms with Gasteiger partial charge in [0.25, 0.3) is 0 Å². The van der Waals surface area contributed by atoms with Gasteiger partial charge in [0.2, 0.25) is 5.91 Å². The van der Waals surface area contributed by atoms with E-state index in [2.05, 4.69) is 17.0 Å². The lowest BCUT2D eigenvalue weighted by Gasteiger charge is -2.39. The molecular weight excluding hydrogens is 352 g/mol. The van der Waals surface area contributed by atoms with E-state index in [4.69, 9.17) is 17.3 Å². The SMILES string of the molecule is CN(C(=O)N1CCC[C@@H]1C(N)=O)C1CCN(Cc2ccc(Cl)cc2)CC1. The molecular formula is C19H27ClN4O2. The van der Waals surface area contributed by atoms with Crippen molar-refractivity contribution in [1.82, 2.24) is 14.7 Å². The Morgan fingerprint density at radius 1 is 1.15 bits per heavy atom. The molecule has 2 aliphatic rings. The van der Waals surface area contributed by atoms with Crippen LogP contribution in [0.4, 0.5) is 4.79 Å². The fraction of sp³-hybridized carbons (Fsp3) is 0.579. The number of hydrogen-bond donors (Lipinski definition) is 1. The second-order valence-corrected chi connectivity index (χ2v) is 7.72. The van der Waals surface area contributed by atoms with E-state index in [1.54, 1.807) is 9.80 Å². The second kappa shape index (κ2) is 8.27. The van der Waals surface area contributed by atoms with Crippen molar-refractivity contribution in [3.63, 3.8) is 0 Å². The van der Waals surface area contributed by atoms with Crippen LogP contribution in [0.25, 0.3) is 0 Å². The molecule has 1 atom stereocenters. The smallest absolute Gasteiger partial charge is 0.320 e. The van der Waals surface area contributed by atoms with Gasteiger partial charge < -0.3 is 15.5 Å². The van der Waals surface area contributed by atoms with Gasteiger partial charge in [-0.3, -0.25) is 9.69 Å². The predicted molar refractivity (Wildman–Crippen MR) is 102 cm³/mol. The summed E-state index contributed by atoms with van der Waals surface area (Å²) in [6.07, 6.45) is 3.39. The lowest BCUT2D eigenvalue weighted by Crippen LogP contribution is -2.53. The quantitative estimate of drug-likeness (QED) is 0.874. The van der Waals surface area contributed by atoms with Gasteiger partial charge in [0.15, 0.2) is 0 Å². The molecule has 2 fully saturated rings. The fourth-order valence-electron chi connectivity index (χ4n) is 3.96. The Morgan fingerprint density at radius 2 is 1.81 bits per heavy atom. The average Bonchev–Trinajstić information content (AvgIpc) is 3.13. The predicted octanol–water partition coefficient (Wildman–Crippen LogP) is 2.31. The van der Waals surface area contributed by atoms with Gasteiger partial charge in [-0.1, -0.05) is 23.7 Å². The normalized spacial score (nSPS) is 21.8. The molecule has 0 radical (unpaired) electrons. The first-order valence-electron chi connectivity index (χ1n) is 9.25. The zero-order chi connectivity index (χ0) is 18.7. The highest BCUT2D eigenvalue weighted by Crippen LogP contribution is 2.23. The van der Waals surface area contributed by atoms with Crippen LogP contribution in [0.1, 0.15) is 31.2 Å². The molecule has 0 unspecified atom stereocenters. The number of urea groups is 1. The zero-order valence-electron chi connectivity index (χ0n) is 15.2. The van der Waals surface area contributed by atoms with Gasteiger partial charge in [-0.05, 0) is 43.4 Å². The molecule has 2 N–H and O–H groups in total. The van der Waals surface area contributed by atoms with E-state index in [1.165, 1.54) is 5.56 Å². The number of halogens is 1. The molecule has 0 saturated carbocycles. The van der Waals surface area contributed by atoms with Crippen LogP contribution in [0.15, 0.2) is 24.3 Å². The molecule has 0 bridgehead atoms. The third kappa shape index (κ3) is 4.30. The Kier molecular flexibility index (Phi) is 6.04. The number of nitrogens with zero attached hydrogens (tertiary/aromatic N) is 3. The van der Waals surface area contributed by atoms with Crippen LogP contribution < -0.4 is 5.73 Å². The molecule has 3 rings (SSSR count). The maximum atomic E-state index is 12.8. The number of piperidine rings is 1. The fourth-order valence-corrected chi connectivity index (χ4v) is 4.09. The maximum Gasteiger partial charge on any atom is 0.320 e. The number of hydrogen-bond acceptors (Lipinski definition) is 3. The van der Waals surface area contributed by atoms with E-state index < -0.39 is 11.9 Å². The molecule has 2 saturated heterocycles. The van der Waals surface area contributed by atoms with E-state index in [1.807, 2.05) is 19.2 Å². The summed E-state index contributed by atoms with van der Waals surface area (Å²) in [6.45, 7) is 3.41. The first kappa shape index (κ1) is 19.0. The van der Waals surface area contributed by atoms with Crippen LogP contribution in [0, 0.1) is 0 Å². The number of likely N-dealkylation sites (tertiary alicyclic amines) is 2. The number of amides is 3. The van der Waals surface area contributed by atoms with Crippen LogP contribution in [0.3, 0.4) is 0 Å². The van der Waals surface area contributed by atoms with E-state index in [0.717, 1.165) is 43.9 Å².